The number of rotatable bonds is 33. The zero-order valence-corrected chi connectivity index (χ0v) is 27.2. The van der Waals surface area contributed by atoms with E-state index in [-0.39, 0.29) is 6.61 Å². The number of phosphoric ester groups is 1. The first-order valence-corrected chi connectivity index (χ1v) is 18.2. The highest BCUT2D eigenvalue weighted by atomic mass is 31.2. The number of aliphatic hydroxyl groups excluding tert-OH is 3. The van der Waals surface area contributed by atoms with Crippen LogP contribution in [0.4, 0.5) is 0 Å². The van der Waals surface area contributed by atoms with Crippen molar-refractivity contribution in [3.63, 3.8) is 0 Å². The monoisotopic (exact) mass is 608 g/mol. The highest BCUT2D eigenvalue weighted by Gasteiger charge is 2.24. The second-order valence-electron chi connectivity index (χ2n) is 11.4. The molecule has 0 saturated carbocycles. The number of ether oxygens (including phenoxy) is 1. The van der Waals surface area contributed by atoms with Crippen LogP contribution in [0.3, 0.4) is 0 Å². The molecule has 0 aromatic carbocycles. The van der Waals surface area contributed by atoms with Gasteiger partial charge in [-0.15, -0.1) is 0 Å². The van der Waals surface area contributed by atoms with Gasteiger partial charge >= 0.3 is 7.82 Å². The summed E-state index contributed by atoms with van der Waals surface area (Å²) >= 11 is 0. The molecule has 3 atom stereocenters. The molecule has 0 heterocycles. The number of hydrogen-bond donors (Lipinski definition) is 4. The summed E-state index contributed by atoms with van der Waals surface area (Å²) in [6.45, 7) is 1.28. The van der Waals surface area contributed by atoms with E-state index in [1.165, 1.54) is 128 Å². The van der Waals surface area contributed by atoms with Crippen molar-refractivity contribution in [1.82, 2.24) is 0 Å². The fourth-order valence-corrected chi connectivity index (χ4v) is 5.38. The van der Waals surface area contributed by atoms with Crippen molar-refractivity contribution in [2.75, 3.05) is 33.0 Å². The smallest absolute Gasteiger partial charge is 0.394 e. The minimum atomic E-state index is -4.39. The summed E-state index contributed by atoms with van der Waals surface area (Å²) in [4.78, 5) is 9.44. The lowest BCUT2D eigenvalue weighted by Gasteiger charge is -2.16. The van der Waals surface area contributed by atoms with E-state index in [0.29, 0.717) is 6.61 Å². The minimum absolute atomic E-state index is 0.00925. The maximum atomic E-state index is 11.6. The van der Waals surface area contributed by atoms with E-state index in [1.807, 2.05) is 0 Å². The SMILES string of the molecule is CCCCCCCCCC/C=C\CCCCCCCCCCCCCCOCC(O)COP(=O)(O)OCC(O)CO. The van der Waals surface area contributed by atoms with E-state index < -0.39 is 39.9 Å². The van der Waals surface area contributed by atoms with E-state index in [9.17, 15) is 14.6 Å². The van der Waals surface area contributed by atoms with Crippen LogP contribution in [0.2, 0.25) is 0 Å². The van der Waals surface area contributed by atoms with Crippen LogP contribution >= 0.6 is 7.82 Å². The number of hydrogen-bond acceptors (Lipinski definition) is 7. The summed E-state index contributed by atoms with van der Waals surface area (Å²) in [6.07, 6.45) is 31.4. The number of aliphatic hydroxyl groups is 3. The molecule has 0 rings (SSSR count). The predicted molar refractivity (Wildman–Crippen MR) is 168 cm³/mol. The molecular weight excluding hydrogens is 543 g/mol. The van der Waals surface area contributed by atoms with E-state index in [4.69, 9.17) is 14.9 Å². The molecule has 0 fully saturated rings. The van der Waals surface area contributed by atoms with E-state index in [0.717, 1.165) is 12.8 Å². The highest BCUT2D eigenvalue weighted by Crippen LogP contribution is 2.43. The van der Waals surface area contributed by atoms with Crippen molar-refractivity contribution in [3.05, 3.63) is 12.2 Å². The lowest BCUT2D eigenvalue weighted by molar-refractivity contribution is -0.00437. The third-order valence-electron chi connectivity index (χ3n) is 7.18. The van der Waals surface area contributed by atoms with Crippen LogP contribution in [-0.4, -0.2) is 65.5 Å². The molecule has 0 amide bonds. The largest absolute Gasteiger partial charge is 0.472 e. The van der Waals surface area contributed by atoms with Crippen LogP contribution in [0.15, 0.2) is 12.2 Å². The van der Waals surface area contributed by atoms with Gasteiger partial charge in [0.25, 0.3) is 0 Å². The average Bonchev–Trinajstić information content (AvgIpc) is 2.96. The Morgan fingerprint density at radius 1 is 0.585 bits per heavy atom. The lowest BCUT2D eigenvalue weighted by atomic mass is 10.0. The zero-order valence-electron chi connectivity index (χ0n) is 26.3. The number of phosphoric acid groups is 1. The van der Waals surface area contributed by atoms with Crippen LogP contribution < -0.4 is 0 Å². The van der Waals surface area contributed by atoms with Gasteiger partial charge in [0.15, 0.2) is 0 Å². The summed E-state index contributed by atoms with van der Waals surface area (Å²) in [6, 6.07) is 0. The van der Waals surface area contributed by atoms with Gasteiger partial charge in [-0.25, -0.2) is 4.57 Å². The summed E-state index contributed by atoms with van der Waals surface area (Å²) in [5.74, 6) is 0. The molecule has 0 bridgehead atoms. The van der Waals surface area contributed by atoms with Gasteiger partial charge in [-0.2, -0.15) is 0 Å². The normalized spacial score (nSPS) is 15.0. The van der Waals surface area contributed by atoms with Crippen molar-refractivity contribution in [3.8, 4) is 0 Å². The van der Waals surface area contributed by atoms with Crippen molar-refractivity contribution >= 4 is 7.82 Å². The molecule has 246 valence electrons. The molecule has 0 aliphatic carbocycles. The van der Waals surface area contributed by atoms with Gasteiger partial charge in [0, 0.05) is 6.61 Å². The van der Waals surface area contributed by atoms with Gasteiger partial charge in [0.1, 0.15) is 12.2 Å². The number of allylic oxidation sites excluding steroid dienone is 2. The summed E-state index contributed by atoms with van der Waals surface area (Å²) < 4.78 is 26.2. The first kappa shape index (κ1) is 40.7. The third-order valence-corrected chi connectivity index (χ3v) is 8.13. The molecule has 0 aromatic heterocycles. The Morgan fingerprint density at radius 2 is 0.976 bits per heavy atom. The van der Waals surface area contributed by atoms with Gasteiger partial charge in [-0.05, 0) is 32.1 Å². The Kier molecular flexibility index (Phi) is 30.9. The van der Waals surface area contributed by atoms with Crippen molar-refractivity contribution in [2.24, 2.45) is 0 Å². The first-order valence-electron chi connectivity index (χ1n) is 16.7. The average molecular weight is 609 g/mol. The molecule has 0 spiro atoms. The molecule has 8 nitrogen and oxygen atoms in total. The first-order chi connectivity index (χ1) is 19.9. The van der Waals surface area contributed by atoms with Crippen molar-refractivity contribution in [2.45, 2.75) is 160 Å². The Bertz CT molecular complexity index is 604. The van der Waals surface area contributed by atoms with Crippen molar-refractivity contribution in [1.29, 1.82) is 0 Å². The predicted octanol–water partition coefficient (Wildman–Crippen LogP) is 8.01. The second-order valence-corrected chi connectivity index (χ2v) is 12.8. The van der Waals surface area contributed by atoms with Crippen LogP contribution in [0, 0.1) is 0 Å². The summed E-state index contributed by atoms with van der Waals surface area (Å²) in [5.41, 5.74) is 0. The fourth-order valence-electron chi connectivity index (χ4n) is 4.58. The molecule has 9 heteroatoms. The lowest BCUT2D eigenvalue weighted by Crippen LogP contribution is -2.23. The zero-order chi connectivity index (χ0) is 30.3. The van der Waals surface area contributed by atoms with Crippen LogP contribution in [0.25, 0.3) is 0 Å². The van der Waals surface area contributed by atoms with E-state index in [1.54, 1.807) is 0 Å². The van der Waals surface area contributed by atoms with Crippen LogP contribution in [-0.2, 0) is 18.3 Å². The molecule has 4 N–H and O–H groups in total. The molecule has 0 radical (unpaired) electrons. The van der Waals surface area contributed by atoms with Gasteiger partial charge < -0.3 is 24.9 Å². The maximum Gasteiger partial charge on any atom is 0.472 e. The summed E-state index contributed by atoms with van der Waals surface area (Å²) in [7, 11) is -4.39. The number of unbranched alkanes of at least 4 members (excludes halogenated alkanes) is 20. The van der Waals surface area contributed by atoms with Crippen molar-refractivity contribution < 1.29 is 38.6 Å². The Balaban J connectivity index is 3.29. The molecular formula is C32H65O8P. The molecule has 0 saturated heterocycles. The Morgan fingerprint density at radius 3 is 1.41 bits per heavy atom. The third kappa shape index (κ3) is 32.4. The maximum absolute atomic E-state index is 11.6. The molecule has 0 aromatic rings. The fraction of sp³-hybridized carbons (Fsp3) is 0.938. The van der Waals surface area contributed by atoms with Gasteiger partial charge in [0.2, 0.25) is 0 Å². The standard InChI is InChI=1S/C32H65O8P/c1-2-3-4-5-6-7-8-9-10-11-12-13-14-15-16-17-18-19-20-21-22-23-24-25-26-38-28-32(35)30-40-41(36,37)39-29-31(34)27-33/h11-12,31-35H,2-10,13-30H2,1H3,(H,36,37)/b12-11-. The Labute approximate surface area is 251 Å². The quantitative estimate of drug-likeness (QED) is 0.0335. The van der Waals surface area contributed by atoms with E-state index >= 15 is 0 Å². The molecule has 41 heavy (non-hydrogen) atoms. The van der Waals surface area contributed by atoms with Gasteiger partial charge in [0.05, 0.1) is 26.4 Å². The topological polar surface area (TPSA) is 126 Å². The van der Waals surface area contributed by atoms with Gasteiger partial charge in [-0.1, -0.05) is 128 Å². The van der Waals surface area contributed by atoms with E-state index in [2.05, 4.69) is 28.1 Å². The Hall–Kier alpha value is -0.310. The highest BCUT2D eigenvalue weighted by molar-refractivity contribution is 7.47. The molecule has 0 aliphatic rings. The van der Waals surface area contributed by atoms with Gasteiger partial charge in [-0.3, -0.25) is 9.05 Å². The van der Waals surface area contributed by atoms with Crippen LogP contribution in [0.5, 0.6) is 0 Å². The van der Waals surface area contributed by atoms with Crippen LogP contribution in [0.1, 0.15) is 148 Å². The molecule has 0 aliphatic heterocycles. The second kappa shape index (κ2) is 31.1. The minimum Gasteiger partial charge on any atom is -0.394 e. The molecule has 3 unspecified atom stereocenters. The summed E-state index contributed by atoms with van der Waals surface area (Å²) in [5, 5.41) is 27.6.